The summed E-state index contributed by atoms with van der Waals surface area (Å²) in [5, 5.41) is 0. The summed E-state index contributed by atoms with van der Waals surface area (Å²) in [6.45, 7) is 4.35. The minimum Gasteiger partial charge on any atom is -0.449 e. The molecule has 2 heterocycles. The Labute approximate surface area is 133 Å². The van der Waals surface area contributed by atoms with Gasteiger partial charge in [0.2, 0.25) is 0 Å². The molecule has 1 amide bonds. The molecular weight excluding hydrogens is 276 g/mol. The van der Waals surface area contributed by atoms with Crippen LogP contribution < -0.4 is 0 Å². The van der Waals surface area contributed by atoms with Crippen molar-refractivity contribution >= 4 is 6.09 Å². The predicted octanol–water partition coefficient (Wildman–Crippen LogP) is 2.91. The van der Waals surface area contributed by atoms with Crippen LogP contribution in [0.25, 0.3) is 0 Å². The van der Waals surface area contributed by atoms with Crippen molar-refractivity contribution in [3.05, 3.63) is 35.4 Å². The Morgan fingerprint density at radius 1 is 1.18 bits per heavy atom. The van der Waals surface area contributed by atoms with E-state index < -0.39 is 0 Å². The zero-order valence-corrected chi connectivity index (χ0v) is 13.5. The van der Waals surface area contributed by atoms with Crippen LogP contribution in [0.3, 0.4) is 0 Å². The molecule has 22 heavy (non-hydrogen) atoms. The minimum absolute atomic E-state index is 0.151. The maximum atomic E-state index is 12.2. The van der Waals surface area contributed by atoms with Gasteiger partial charge in [-0.15, -0.1) is 0 Å². The third-order valence-corrected chi connectivity index (χ3v) is 4.98. The molecule has 1 fully saturated rings. The molecule has 0 saturated carbocycles. The van der Waals surface area contributed by atoms with Gasteiger partial charge in [-0.1, -0.05) is 24.3 Å². The maximum Gasteiger partial charge on any atom is 0.410 e. The van der Waals surface area contributed by atoms with Crippen LogP contribution in [0.4, 0.5) is 4.79 Å². The molecule has 0 unspecified atom stereocenters. The average Bonchev–Trinajstić information content (AvgIpc) is 2.56. The smallest absolute Gasteiger partial charge is 0.410 e. The third-order valence-electron chi connectivity index (χ3n) is 4.98. The van der Waals surface area contributed by atoms with Crippen molar-refractivity contribution in [1.82, 2.24) is 9.80 Å². The monoisotopic (exact) mass is 302 g/mol. The highest BCUT2D eigenvalue weighted by Gasteiger charge is 2.22. The molecule has 0 N–H and O–H groups in total. The fraction of sp³-hybridized carbons (Fsp3) is 0.611. The first-order chi connectivity index (χ1) is 10.7. The van der Waals surface area contributed by atoms with Gasteiger partial charge >= 0.3 is 6.09 Å². The third kappa shape index (κ3) is 3.80. The molecule has 0 aliphatic carbocycles. The first kappa shape index (κ1) is 15.3. The maximum absolute atomic E-state index is 12.2. The fourth-order valence-electron chi connectivity index (χ4n) is 3.41. The lowest BCUT2D eigenvalue weighted by Gasteiger charge is -2.30. The summed E-state index contributed by atoms with van der Waals surface area (Å²) in [4.78, 5) is 16.4. The number of piperidine rings is 1. The Hall–Kier alpha value is -1.55. The van der Waals surface area contributed by atoms with Gasteiger partial charge in [-0.25, -0.2) is 4.79 Å². The summed E-state index contributed by atoms with van der Waals surface area (Å²) < 4.78 is 5.50. The molecule has 1 aromatic rings. The number of hydrogen-bond donors (Lipinski definition) is 0. The first-order valence-corrected chi connectivity index (χ1v) is 8.39. The number of benzene rings is 1. The van der Waals surface area contributed by atoms with Crippen molar-refractivity contribution in [2.24, 2.45) is 5.92 Å². The Kier molecular flexibility index (Phi) is 4.98. The van der Waals surface area contributed by atoms with Gasteiger partial charge in [-0.2, -0.15) is 0 Å². The number of rotatable bonds is 3. The van der Waals surface area contributed by atoms with Gasteiger partial charge in [-0.05, 0) is 62.9 Å². The predicted molar refractivity (Wildman–Crippen MR) is 86.7 cm³/mol. The second-order valence-electron chi connectivity index (χ2n) is 6.59. The Balaban J connectivity index is 1.41. The number of carbonyl (C=O) groups excluding carboxylic acids is 1. The van der Waals surface area contributed by atoms with Crippen LogP contribution in [0.1, 0.15) is 30.4 Å². The van der Waals surface area contributed by atoms with Gasteiger partial charge in [0.15, 0.2) is 0 Å². The lowest BCUT2D eigenvalue weighted by atomic mass is 9.94. The molecule has 2 aliphatic rings. The zero-order chi connectivity index (χ0) is 15.4. The van der Waals surface area contributed by atoms with Gasteiger partial charge in [0.25, 0.3) is 0 Å². The standard InChI is InChI=1S/C18H26N2O2/c1-19-10-6-15(7-11-19)9-13-22-18(21)20-12-8-16-4-2-3-5-17(16)14-20/h2-5,15H,6-14H2,1H3. The van der Waals surface area contributed by atoms with E-state index in [2.05, 4.69) is 30.1 Å². The number of amides is 1. The van der Waals surface area contributed by atoms with Crippen LogP contribution in [-0.2, 0) is 17.7 Å². The lowest BCUT2D eigenvalue weighted by molar-refractivity contribution is 0.0875. The number of hydrogen-bond acceptors (Lipinski definition) is 3. The summed E-state index contributed by atoms with van der Waals surface area (Å²) in [6.07, 6.45) is 4.24. The van der Waals surface area contributed by atoms with E-state index in [1.807, 2.05) is 11.0 Å². The molecule has 1 aromatic carbocycles. The normalized spacial score (nSPS) is 19.8. The van der Waals surface area contributed by atoms with Gasteiger partial charge < -0.3 is 14.5 Å². The van der Waals surface area contributed by atoms with E-state index in [4.69, 9.17) is 4.74 Å². The van der Waals surface area contributed by atoms with Gasteiger partial charge in [-0.3, -0.25) is 0 Å². The Bertz CT molecular complexity index is 510. The first-order valence-electron chi connectivity index (χ1n) is 8.39. The van der Waals surface area contributed by atoms with Gasteiger partial charge in [0, 0.05) is 13.1 Å². The largest absolute Gasteiger partial charge is 0.449 e. The number of likely N-dealkylation sites (tertiary alicyclic amines) is 1. The average molecular weight is 302 g/mol. The lowest BCUT2D eigenvalue weighted by Crippen LogP contribution is -2.37. The fourth-order valence-corrected chi connectivity index (χ4v) is 3.41. The zero-order valence-electron chi connectivity index (χ0n) is 13.5. The molecule has 4 nitrogen and oxygen atoms in total. The van der Waals surface area contributed by atoms with Gasteiger partial charge in [0.05, 0.1) is 6.61 Å². The van der Waals surface area contributed by atoms with Gasteiger partial charge in [0.1, 0.15) is 0 Å². The highest BCUT2D eigenvalue weighted by atomic mass is 16.6. The summed E-state index contributed by atoms with van der Waals surface area (Å²) in [5.41, 5.74) is 2.61. The quantitative estimate of drug-likeness (QED) is 0.860. The number of carbonyl (C=O) groups is 1. The van der Waals surface area contributed by atoms with Crippen molar-refractivity contribution < 1.29 is 9.53 Å². The molecule has 0 radical (unpaired) electrons. The van der Waals surface area contributed by atoms with E-state index in [0.29, 0.717) is 19.1 Å². The molecule has 0 bridgehead atoms. The molecule has 0 aromatic heterocycles. The van der Waals surface area contributed by atoms with Crippen LogP contribution in [0.5, 0.6) is 0 Å². The molecule has 1 saturated heterocycles. The number of nitrogens with zero attached hydrogens (tertiary/aromatic N) is 2. The van der Waals surface area contributed by atoms with Crippen molar-refractivity contribution in [3.8, 4) is 0 Å². The van der Waals surface area contributed by atoms with Crippen LogP contribution in [0.15, 0.2) is 24.3 Å². The Morgan fingerprint density at radius 3 is 2.68 bits per heavy atom. The van der Waals surface area contributed by atoms with Crippen LogP contribution >= 0.6 is 0 Å². The topological polar surface area (TPSA) is 32.8 Å². The van der Waals surface area contributed by atoms with E-state index in [9.17, 15) is 4.79 Å². The molecule has 4 heteroatoms. The van der Waals surface area contributed by atoms with E-state index in [1.54, 1.807) is 0 Å². The summed E-state index contributed by atoms with van der Waals surface area (Å²) >= 11 is 0. The van der Waals surface area contributed by atoms with E-state index in [0.717, 1.165) is 19.4 Å². The molecule has 2 aliphatic heterocycles. The molecule has 3 rings (SSSR count). The van der Waals surface area contributed by atoms with Crippen molar-refractivity contribution in [3.63, 3.8) is 0 Å². The summed E-state index contributed by atoms with van der Waals surface area (Å²) in [6, 6.07) is 8.35. The molecule has 0 spiro atoms. The number of ether oxygens (including phenoxy) is 1. The SMILES string of the molecule is CN1CCC(CCOC(=O)N2CCc3ccccc3C2)CC1. The molecule has 120 valence electrons. The minimum atomic E-state index is -0.151. The Morgan fingerprint density at radius 2 is 1.91 bits per heavy atom. The number of fused-ring (bicyclic) bond motifs is 1. The summed E-state index contributed by atoms with van der Waals surface area (Å²) in [5.74, 6) is 0.714. The summed E-state index contributed by atoms with van der Waals surface area (Å²) in [7, 11) is 2.17. The second-order valence-corrected chi connectivity index (χ2v) is 6.59. The molecule has 0 atom stereocenters. The van der Waals surface area contributed by atoms with Crippen LogP contribution in [0, 0.1) is 5.92 Å². The molecular formula is C18H26N2O2. The van der Waals surface area contributed by atoms with Crippen molar-refractivity contribution in [1.29, 1.82) is 0 Å². The highest BCUT2D eigenvalue weighted by Crippen LogP contribution is 2.21. The van der Waals surface area contributed by atoms with E-state index >= 15 is 0 Å². The van der Waals surface area contributed by atoms with E-state index in [1.165, 1.54) is 37.1 Å². The van der Waals surface area contributed by atoms with Crippen LogP contribution in [0.2, 0.25) is 0 Å². The highest BCUT2D eigenvalue weighted by molar-refractivity contribution is 5.68. The van der Waals surface area contributed by atoms with Crippen molar-refractivity contribution in [2.45, 2.75) is 32.2 Å². The van der Waals surface area contributed by atoms with E-state index in [-0.39, 0.29) is 6.09 Å². The van der Waals surface area contributed by atoms with Crippen molar-refractivity contribution in [2.75, 3.05) is 33.3 Å². The van der Waals surface area contributed by atoms with Crippen LogP contribution in [-0.4, -0.2) is 49.2 Å². The second kappa shape index (κ2) is 7.14.